The number of benzene rings is 2. The highest BCUT2D eigenvalue weighted by molar-refractivity contribution is 9.10. The quantitative estimate of drug-likeness (QED) is 0.658. The van der Waals surface area contributed by atoms with Gasteiger partial charge in [0.05, 0.1) is 7.11 Å². The summed E-state index contributed by atoms with van der Waals surface area (Å²) in [5.74, 6) is 1.05. The Bertz CT molecular complexity index is 592. The van der Waals surface area contributed by atoms with E-state index < -0.39 is 0 Å². The summed E-state index contributed by atoms with van der Waals surface area (Å²) in [5.41, 5.74) is 7.21. The summed E-state index contributed by atoms with van der Waals surface area (Å²) in [6.45, 7) is 0. The third-order valence-corrected chi connectivity index (χ3v) is 4.22. The van der Waals surface area contributed by atoms with Crippen molar-refractivity contribution in [3.05, 3.63) is 52.3 Å². The molecule has 0 radical (unpaired) electrons. The summed E-state index contributed by atoms with van der Waals surface area (Å²) >= 11 is 4.83. The number of thioether (sulfide) groups is 1. The van der Waals surface area contributed by atoms with Crippen molar-refractivity contribution < 1.29 is 9.13 Å². The van der Waals surface area contributed by atoms with Gasteiger partial charge in [0.15, 0.2) is 0 Å². The smallest absolute Gasteiger partial charge is 0.127 e. The minimum Gasteiger partial charge on any atom is -0.497 e. The first-order valence-corrected chi connectivity index (χ1v) is 7.38. The van der Waals surface area contributed by atoms with Gasteiger partial charge in [0.2, 0.25) is 0 Å². The fourth-order valence-electron chi connectivity index (χ4n) is 1.58. The molecular formula is C14H13BrFNOS. The molecule has 2 aromatic carbocycles. The van der Waals surface area contributed by atoms with E-state index in [0.717, 1.165) is 15.1 Å². The fraction of sp³-hybridized carbons (Fsp3) is 0.143. The Morgan fingerprint density at radius 3 is 2.79 bits per heavy atom. The van der Waals surface area contributed by atoms with Crippen LogP contribution < -0.4 is 10.5 Å². The van der Waals surface area contributed by atoms with Crippen molar-refractivity contribution in [1.29, 1.82) is 0 Å². The molecular weight excluding hydrogens is 329 g/mol. The summed E-state index contributed by atoms with van der Waals surface area (Å²) in [7, 11) is 1.61. The molecule has 0 saturated carbocycles. The zero-order chi connectivity index (χ0) is 13.8. The van der Waals surface area contributed by atoms with Crippen molar-refractivity contribution in [2.75, 3.05) is 12.8 Å². The third-order valence-electron chi connectivity index (χ3n) is 2.61. The molecule has 5 heteroatoms. The van der Waals surface area contributed by atoms with E-state index in [4.69, 9.17) is 10.5 Å². The topological polar surface area (TPSA) is 35.2 Å². The lowest BCUT2D eigenvalue weighted by Gasteiger charge is -2.08. The second-order valence-corrected chi connectivity index (χ2v) is 5.86. The van der Waals surface area contributed by atoms with Crippen LogP contribution in [0.5, 0.6) is 5.75 Å². The maximum absolute atomic E-state index is 13.6. The number of rotatable bonds is 4. The highest BCUT2D eigenvalue weighted by Crippen LogP contribution is 2.32. The maximum Gasteiger partial charge on any atom is 0.127 e. The number of hydrogen-bond donors (Lipinski definition) is 1. The molecule has 100 valence electrons. The molecule has 2 aromatic rings. The zero-order valence-electron chi connectivity index (χ0n) is 10.3. The van der Waals surface area contributed by atoms with Crippen LogP contribution >= 0.6 is 27.7 Å². The summed E-state index contributed by atoms with van der Waals surface area (Å²) in [4.78, 5) is 0.888. The largest absolute Gasteiger partial charge is 0.497 e. The van der Waals surface area contributed by atoms with Crippen LogP contribution in [-0.2, 0) is 5.75 Å². The van der Waals surface area contributed by atoms with E-state index in [1.54, 1.807) is 31.4 Å². The van der Waals surface area contributed by atoms with Gasteiger partial charge in [-0.3, -0.25) is 0 Å². The molecule has 0 bridgehead atoms. The molecule has 0 aliphatic heterocycles. The first kappa shape index (κ1) is 14.2. The first-order chi connectivity index (χ1) is 9.10. The molecule has 0 aliphatic carbocycles. The van der Waals surface area contributed by atoms with Crippen LogP contribution in [0.25, 0.3) is 0 Å². The van der Waals surface area contributed by atoms with E-state index in [1.165, 1.54) is 17.8 Å². The lowest BCUT2D eigenvalue weighted by molar-refractivity contribution is 0.414. The van der Waals surface area contributed by atoms with Crippen LogP contribution in [0.4, 0.5) is 10.1 Å². The zero-order valence-corrected chi connectivity index (χ0v) is 12.7. The van der Waals surface area contributed by atoms with Gasteiger partial charge in [0.25, 0.3) is 0 Å². The highest BCUT2D eigenvalue weighted by atomic mass is 79.9. The molecule has 2 rings (SSSR count). The van der Waals surface area contributed by atoms with Crippen LogP contribution in [0.2, 0.25) is 0 Å². The van der Waals surface area contributed by atoms with Gasteiger partial charge in [0, 0.05) is 20.8 Å². The van der Waals surface area contributed by atoms with Crippen molar-refractivity contribution in [3.8, 4) is 5.75 Å². The fourth-order valence-corrected chi connectivity index (χ4v) is 2.95. The summed E-state index contributed by atoms with van der Waals surface area (Å²) in [5, 5.41) is 0. The predicted octanol–water partition coefficient (Wildman–Crippen LogP) is 4.47. The number of ether oxygens (including phenoxy) is 1. The predicted molar refractivity (Wildman–Crippen MR) is 81.1 cm³/mol. The molecule has 0 spiro atoms. The number of nitrogens with two attached hydrogens (primary N) is 1. The molecule has 0 aromatic heterocycles. The lowest BCUT2D eigenvalue weighted by Crippen LogP contribution is -1.92. The van der Waals surface area contributed by atoms with E-state index in [9.17, 15) is 4.39 Å². The number of halogens is 2. The molecule has 19 heavy (non-hydrogen) atoms. The van der Waals surface area contributed by atoms with Gasteiger partial charge in [-0.25, -0.2) is 4.39 Å². The molecule has 0 aliphatic rings. The van der Waals surface area contributed by atoms with Crippen molar-refractivity contribution >= 4 is 33.4 Å². The van der Waals surface area contributed by atoms with E-state index in [1.807, 2.05) is 6.07 Å². The number of methoxy groups -OCH3 is 1. The van der Waals surface area contributed by atoms with Gasteiger partial charge in [0.1, 0.15) is 11.6 Å². The second-order valence-electron chi connectivity index (χ2n) is 3.93. The Kier molecular flexibility index (Phi) is 4.71. The number of nitrogen functional groups attached to an aromatic ring is 1. The van der Waals surface area contributed by atoms with Gasteiger partial charge < -0.3 is 10.5 Å². The van der Waals surface area contributed by atoms with Gasteiger partial charge >= 0.3 is 0 Å². The van der Waals surface area contributed by atoms with Crippen LogP contribution in [-0.4, -0.2) is 7.11 Å². The monoisotopic (exact) mass is 341 g/mol. The summed E-state index contributed by atoms with van der Waals surface area (Å²) in [6.07, 6.45) is 0. The molecule has 0 atom stereocenters. The van der Waals surface area contributed by atoms with Gasteiger partial charge in [-0.15, -0.1) is 11.8 Å². The van der Waals surface area contributed by atoms with Crippen molar-refractivity contribution in [3.63, 3.8) is 0 Å². The molecule has 0 amide bonds. The Morgan fingerprint density at radius 2 is 2.05 bits per heavy atom. The SMILES string of the molecule is COc1ccc(N)c(SCc2cc(Br)ccc2F)c1. The summed E-state index contributed by atoms with van der Waals surface area (Å²) < 4.78 is 19.6. The Labute approximate surface area is 124 Å². The van der Waals surface area contributed by atoms with Gasteiger partial charge in [-0.2, -0.15) is 0 Å². The Hall–Kier alpha value is -1.20. The van der Waals surface area contributed by atoms with Crippen molar-refractivity contribution in [2.45, 2.75) is 10.6 Å². The van der Waals surface area contributed by atoms with Crippen LogP contribution in [0.3, 0.4) is 0 Å². The van der Waals surface area contributed by atoms with E-state index >= 15 is 0 Å². The molecule has 0 saturated heterocycles. The Morgan fingerprint density at radius 1 is 1.26 bits per heavy atom. The average molecular weight is 342 g/mol. The standard InChI is InChI=1S/C14H13BrFNOS/c1-18-11-3-5-13(17)14(7-11)19-8-9-6-10(15)2-4-12(9)16/h2-7H,8,17H2,1H3. The molecule has 2 N–H and O–H groups in total. The van der Waals surface area contributed by atoms with E-state index in [0.29, 0.717) is 17.0 Å². The van der Waals surface area contributed by atoms with Crippen LogP contribution in [0.15, 0.2) is 45.8 Å². The molecule has 2 nitrogen and oxygen atoms in total. The maximum atomic E-state index is 13.6. The number of hydrogen-bond acceptors (Lipinski definition) is 3. The average Bonchev–Trinajstić information content (AvgIpc) is 2.41. The summed E-state index contributed by atoms with van der Waals surface area (Å²) in [6, 6.07) is 10.4. The van der Waals surface area contributed by atoms with E-state index in [-0.39, 0.29) is 5.82 Å². The normalized spacial score (nSPS) is 10.5. The molecule has 0 fully saturated rings. The lowest BCUT2D eigenvalue weighted by atomic mass is 10.2. The van der Waals surface area contributed by atoms with Crippen molar-refractivity contribution in [2.24, 2.45) is 0 Å². The van der Waals surface area contributed by atoms with Gasteiger partial charge in [-0.05, 0) is 42.0 Å². The van der Waals surface area contributed by atoms with Crippen LogP contribution in [0.1, 0.15) is 5.56 Å². The molecule has 0 unspecified atom stereocenters. The Balaban J connectivity index is 2.16. The molecule has 0 heterocycles. The van der Waals surface area contributed by atoms with E-state index in [2.05, 4.69) is 15.9 Å². The minimum atomic E-state index is -0.211. The van der Waals surface area contributed by atoms with Gasteiger partial charge in [-0.1, -0.05) is 15.9 Å². The highest BCUT2D eigenvalue weighted by Gasteiger charge is 2.07. The first-order valence-electron chi connectivity index (χ1n) is 5.60. The minimum absolute atomic E-state index is 0.211. The third kappa shape index (κ3) is 3.64. The van der Waals surface area contributed by atoms with Crippen LogP contribution in [0, 0.1) is 5.82 Å². The second kappa shape index (κ2) is 6.30. The van der Waals surface area contributed by atoms with Crippen molar-refractivity contribution in [1.82, 2.24) is 0 Å². The number of anilines is 1.